The highest BCUT2D eigenvalue weighted by molar-refractivity contribution is 7.11. The molecule has 4 nitrogen and oxygen atoms in total. The number of thiazole rings is 1. The Labute approximate surface area is 93.4 Å². The number of hydrogen-bond donors (Lipinski definition) is 2. The smallest absolute Gasteiger partial charge is 0.320 e. The van der Waals surface area contributed by atoms with Crippen molar-refractivity contribution in [3.63, 3.8) is 0 Å². The molecule has 0 bridgehead atoms. The van der Waals surface area contributed by atoms with Gasteiger partial charge in [0, 0.05) is 10.9 Å². The van der Waals surface area contributed by atoms with Gasteiger partial charge in [0.25, 0.3) is 0 Å². The van der Waals surface area contributed by atoms with Gasteiger partial charge < -0.3 is 5.11 Å². The molecule has 0 aromatic carbocycles. The monoisotopic (exact) mass is 228 g/mol. The summed E-state index contributed by atoms with van der Waals surface area (Å²) in [5.74, 6) is -0.833. The van der Waals surface area contributed by atoms with E-state index in [1.165, 1.54) is 0 Å². The number of aryl methyl sites for hydroxylation is 2. The van der Waals surface area contributed by atoms with Crippen LogP contribution in [0.3, 0.4) is 0 Å². The predicted octanol–water partition coefficient (Wildman–Crippen LogP) is 1.88. The largest absolute Gasteiger partial charge is 0.480 e. The molecule has 1 aromatic heterocycles. The summed E-state index contributed by atoms with van der Waals surface area (Å²) < 4.78 is 0. The van der Waals surface area contributed by atoms with E-state index in [2.05, 4.69) is 10.3 Å². The molecule has 5 heteroatoms. The van der Waals surface area contributed by atoms with Crippen molar-refractivity contribution in [2.24, 2.45) is 0 Å². The lowest BCUT2D eigenvalue weighted by Gasteiger charge is -2.15. The van der Waals surface area contributed by atoms with Gasteiger partial charge in [0.2, 0.25) is 0 Å². The van der Waals surface area contributed by atoms with E-state index in [0.29, 0.717) is 0 Å². The van der Waals surface area contributed by atoms with Crippen molar-refractivity contribution in [2.75, 3.05) is 0 Å². The van der Waals surface area contributed by atoms with Gasteiger partial charge >= 0.3 is 5.97 Å². The molecule has 2 N–H and O–H groups in total. The minimum Gasteiger partial charge on any atom is -0.480 e. The van der Waals surface area contributed by atoms with Crippen LogP contribution in [0.15, 0.2) is 0 Å². The second-order valence-electron chi connectivity index (χ2n) is 3.63. The third-order valence-corrected chi connectivity index (χ3v) is 3.46. The van der Waals surface area contributed by atoms with E-state index >= 15 is 0 Å². The second kappa shape index (κ2) is 4.72. The molecule has 2 atom stereocenters. The van der Waals surface area contributed by atoms with E-state index in [4.69, 9.17) is 5.11 Å². The zero-order valence-corrected chi connectivity index (χ0v) is 10.2. The van der Waals surface area contributed by atoms with E-state index in [-0.39, 0.29) is 6.04 Å². The van der Waals surface area contributed by atoms with Crippen molar-refractivity contribution >= 4 is 17.3 Å². The van der Waals surface area contributed by atoms with Crippen molar-refractivity contribution < 1.29 is 9.90 Å². The van der Waals surface area contributed by atoms with Gasteiger partial charge in [0.05, 0.1) is 10.7 Å². The second-order valence-corrected chi connectivity index (χ2v) is 4.87. The van der Waals surface area contributed by atoms with Gasteiger partial charge in [-0.1, -0.05) is 0 Å². The number of rotatable bonds is 4. The van der Waals surface area contributed by atoms with Crippen molar-refractivity contribution in [3.05, 3.63) is 15.6 Å². The highest BCUT2D eigenvalue weighted by Crippen LogP contribution is 2.24. The molecule has 0 amide bonds. The first-order chi connectivity index (χ1) is 6.91. The first kappa shape index (κ1) is 12.1. The Morgan fingerprint density at radius 1 is 1.47 bits per heavy atom. The third kappa shape index (κ3) is 3.00. The van der Waals surface area contributed by atoms with Crippen molar-refractivity contribution in [2.45, 2.75) is 39.8 Å². The Morgan fingerprint density at radius 2 is 2.07 bits per heavy atom. The van der Waals surface area contributed by atoms with Crippen molar-refractivity contribution in [1.82, 2.24) is 10.3 Å². The predicted molar refractivity (Wildman–Crippen MR) is 60.2 cm³/mol. The van der Waals surface area contributed by atoms with Crippen molar-refractivity contribution in [1.29, 1.82) is 0 Å². The zero-order valence-electron chi connectivity index (χ0n) is 9.37. The van der Waals surface area contributed by atoms with E-state index in [1.807, 2.05) is 20.8 Å². The maximum Gasteiger partial charge on any atom is 0.320 e. The standard InChI is InChI=1S/C10H16N2O2S/c1-5(11-7(3)10(13)14)9-6(2)12-8(4)15-9/h5,7,11H,1-4H3,(H,13,14). The van der Waals surface area contributed by atoms with Crippen LogP contribution in [0.2, 0.25) is 0 Å². The molecule has 1 aromatic rings. The molecule has 84 valence electrons. The van der Waals surface area contributed by atoms with Crippen LogP contribution >= 0.6 is 11.3 Å². The lowest BCUT2D eigenvalue weighted by molar-refractivity contribution is -0.139. The molecule has 0 aliphatic heterocycles. The first-order valence-corrected chi connectivity index (χ1v) is 5.66. The fraction of sp³-hybridized carbons (Fsp3) is 0.600. The number of carboxylic acid groups (broad SMARTS) is 1. The highest BCUT2D eigenvalue weighted by Gasteiger charge is 2.18. The van der Waals surface area contributed by atoms with Crippen LogP contribution in [0, 0.1) is 13.8 Å². The SMILES string of the molecule is Cc1nc(C)c(C(C)NC(C)C(=O)O)s1. The molecular weight excluding hydrogens is 212 g/mol. The molecule has 1 heterocycles. The van der Waals surface area contributed by atoms with Gasteiger partial charge in [-0.2, -0.15) is 0 Å². The molecule has 0 fully saturated rings. The lowest BCUT2D eigenvalue weighted by Crippen LogP contribution is -2.35. The number of aliphatic carboxylic acids is 1. The summed E-state index contributed by atoms with van der Waals surface area (Å²) in [4.78, 5) is 16.1. The van der Waals surface area contributed by atoms with Gasteiger partial charge in [0.15, 0.2) is 0 Å². The van der Waals surface area contributed by atoms with Crippen molar-refractivity contribution in [3.8, 4) is 0 Å². The minimum absolute atomic E-state index is 0.0299. The summed E-state index contributed by atoms with van der Waals surface area (Å²) in [6.07, 6.45) is 0. The Balaban J connectivity index is 2.72. The molecule has 0 aliphatic carbocycles. The Kier molecular flexibility index (Phi) is 3.82. The van der Waals surface area contributed by atoms with E-state index < -0.39 is 12.0 Å². The topological polar surface area (TPSA) is 62.2 Å². The van der Waals surface area contributed by atoms with Crippen LogP contribution in [0.4, 0.5) is 0 Å². The van der Waals surface area contributed by atoms with Gasteiger partial charge in [-0.3, -0.25) is 10.1 Å². The normalized spacial score (nSPS) is 14.9. The number of nitrogens with one attached hydrogen (secondary N) is 1. The van der Waals surface area contributed by atoms with E-state index in [9.17, 15) is 4.79 Å². The highest BCUT2D eigenvalue weighted by atomic mass is 32.1. The fourth-order valence-electron chi connectivity index (χ4n) is 1.47. The number of aromatic nitrogens is 1. The number of nitrogens with zero attached hydrogens (tertiary/aromatic N) is 1. The average molecular weight is 228 g/mol. The maximum absolute atomic E-state index is 10.7. The average Bonchev–Trinajstić information content (AvgIpc) is 2.44. The third-order valence-electron chi connectivity index (χ3n) is 2.20. The Bertz CT molecular complexity index is 362. The lowest BCUT2D eigenvalue weighted by atomic mass is 10.2. The summed E-state index contributed by atoms with van der Waals surface area (Å²) in [7, 11) is 0. The Morgan fingerprint density at radius 3 is 2.47 bits per heavy atom. The fourth-order valence-corrected chi connectivity index (χ4v) is 2.41. The number of hydrogen-bond acceptors (Lipinski definition) is 4. The number of carboxylic acids is 1. The quantitative estimate of drug-likeness (QED) is 0.826. The first-order valence-electron chi connectivity index (χ1n) is 4.84. The summed E-state index contributed by atoms with van der Waals surface area (Å²) in [6, 6.07) is -0.510. The van der Waals surface area contributed by atoms with Gasteiger partial charge in [-0.15, -0.1) is 11.3 Å². The van der Waals surface area contributed by atoms with Crippen LogP contribution in [-0.2, 0) is 4.79 Å². The Hall–Kier alpha value is -0.940. The molecule has 0 radical (unpaired) electrons. The number of carbonyl (C=O) groups is 1. The molecular formula is C10H16N2O2S. The summed E-state index contributed by atoms with van der Waals surface area (Å²) in [5.41, 5.74) is 0.982. The molecule has 0 aliphatic rings. The van der Waals surface area contributed by atoms with E-state index in [1.54, 1.807) is 18.3 Å². The maximum atomic E-state index is 10.7. The minimum atomic E-state index is -0.833. The summed E-state index contributed by atoms with van der Waals surface area (Å²) >= 11 is 1.61. The van der Waals surface area contributed by atoms with Gasteiger partial charge in [-0.25, -0.2) is 4.98 Å². The summed E-state index contributed by atoms with van der Waals surface area (Å²) in [5, 5.41) is 12.8. The van der Waals surface area contributed by atoms with Crippen LogP contribution < -0.4 is 5.32 Å². The molecule has 2 unspecified atom stereocenters. The van der Waals surface area contributed by atoms with Crippen LogP contribution in [-0.4, -0.2) is 22.1 Å². The zero-order chi connectivity index (χ0) is 11.6. The molecule has 0 saturated heterocycles. The molecule has 15 heavy (non-hydrogen) atoms. The summed E-state index contributed by atoms with van der Waals surface area (Å²) in [6.45, 7) is 7.50. The van der Waals surface area contributed by atoms with Gasteiger partial charge in [-0.05, 0) is 27.7 Å². The van der Waals surface area contributed by atoms with Crippen LogP contribution in [0.25, 0.3) is 0 Å². The molecule has 0 saturated carbocycles. The van der Waals surface area contributed by atoms with Crippen LogP contribution in [0.5, 0.6) is 0 Å². The van der Waals surface area contributed by atoms with Gasteiger partial charge in [0.1, 0.15) is 6.04 Å². The van der Waals surface area contributed by atoms with E-state index in [0.717, 1.165) is 15.6 Å². The van der Waals surface area contributed by atoms with Crippen LogP contribution in [0.1, 0.15) is 35.5 Å². The molecule has 0 spiro atoms. The molecule has 1 rings (SSSR count).